The van der Waals surface area contributed by atoms with Crippen molar-refractivity contribution in [2.75, 3.05) is 4.90 Å². The Bertz CT molecular complexity index is 3000. The summed E-state index contributed by atoms with van der Waals surface area (Å²) in [6, 6.07) is 78.3. The van der Waals surface area contributed by atoms with Crippen molar-refractivity contribution >= 4 is 59.3 Å². The zero-order valence-corrected chi connectivity index (χ0v) is 30.9. The van der Waals surface area contributed by atoms with E-state index in [2.05, 4.69) is 217 Å². The van der Waals surface area contributed by atoms with Crippen LogP contribution in [0.15, 0.2) is 212 Å². The lowest BCUT2D eigenvalue weighted by atomic mass is 9.67. The molecule has 258 valence electrons. The van der Waals surface area contributed by atoms with E-state index >= 15 is 0 Å². The van der Waals surface area contributed by atoms with Gasteiger partial charge in [0.15, 0.2) is 0 Å². The van der Waals surface area contributed by atoms with E-state index in [-0.39, 0.29) is 0 Å². The summed E-state index contributed by atoms with van der Waals surface area (Å²) >= 11 is 1.86. The Morgan fingerprint density at radius 2 is 0.964 bits per heavy atom. The summed E-state index contributed by atoms with van der Waals surface area (Å²) in [6.45, 7) is 0. The van der Waals surface area contributed by atoms with Crippen LogP contribution < -0.4 is 4.90 Å². The molecule has 2 heteroatoms. The number of benzene rings is 9. The van der Waals surface area contributed by atoms with Crippen molar-refractivity contribution in [2.45, 2.75) is 5.41 Å². The molecule has 0 N–H and O–H groups in total. The summed E-state index contributed by atoms with van der Waals surface area (Å²) < 4.78 is 2.61. The van der Waals surface area contributed by atoms with Gasteiger partial charge in [-0.3, -0.25) is 0 Å². The topological polar surface area (TPSA) is 3.24 Å². The first-order chi connectivity index (χ1) is 27.3. The smallest absolute Gasteiger partial charge is 0.0713 e. The van der Waals surface area contributed by atoms with Gasteiger partial charge in [-0.1, -0.05) is 170 Å². The van der Waals surface area contributed by atoms with Crippen LogP contribution in [0.5, 0.6) is 0 Å². The van der Waals surface area contributed by atoms with Gasteiger partial charge in [-0.25, -0.2) is 0 Å². The van der Waals surface area contributed by atoms with E-state index in [4.69, 9.17) is 0 Å². The monoisotopic (exact) mass is 717 g/mol. The van der Waals surface area contributed by atoms with E-state index in [1.165, 1.54) is 75.5 Å². The van der Waals surface area contributed by atoms with Crippen molar-refractivity contribution < 1.29 is 0 Å². The molecule has 0 atom stereocenters. The Labute approximate surface area is 325 Å². The molecule has 1 aromatic heterocycles. The fraction of sp³-hybridized carbons (Fsp3) is 0.0189. The lowest BCUT2D eigenvalue weighted by Crippen LogP contribution is -2.28. The third-order valence-electron chi connectivity index (χ3n) is 11.5. The van der Waals surface area contributed by atoms with E-state index in [0.717, 1.165) is 17.1 Å². The van der Waals surface area contributed by atoms with Gasteiger partial charge in [-0.05, 0) is 92.4 Å². The molecule has 55 heavy (non-hydrogen) atoms. The molecular weight excluding hydrogens is 683 g/mol. The zero-order chi connectivity index (χ0) is 36.3. The van der Waals surface area contributed by atoms with E-state index in [1.807, 2.05) is 11.3 Å². The van der Waals surface area contributed by atoms with Gasteiger partial charge in [-0.2, -0.15) is 0 Å². The summed E-state index contributed by atoms with van der Waals surface area (Å²) in [5.74, 6) is 0. The van der Waals surface area contributed by atoms with Crippen LogP contribution in [0.4, 0.5) is 17.1 Å². The first-order valence-corrected chi connectivity index (χ1v) is 19.7. The maximum absolute atomic E-state index is 2.42. The van der Waals surface area contributed by atoms with E-state index < -0.39 is 5.41 Å². The molecule has 0 saturated heterocycles. The van der Waals surface area contributed by atoms with Gasteiger partial charge in [0.1, 0.15) is 0 Å². The minimum Gasteiger partial charge on any atom is -0.310 e. The molecule has 0 aliphatic heterocycles. The molecule has 0 radical (unpaired) electrons. The van der Waals surface area contributed by atoms with Crippen molar-refractivity contribution in [3.63, 3.8) is 0 Å². The summed E-state index contributed by atoms with van der Waals surface area (Å²) in [7, 11) is 0. The molecule has 0 unspecified atom stereocenters. The lowest BCUT2D eigenvalue weighted by molar-refractivity contribution is 0.769. The number of fused-ring (bicyclic) bond motifs is 7. The minimum atomic E-state index is -0.430. The molecule has 10 aromatic rings. The lowest BCUT2D eigenvalue weighted by Gasteiger charge is -2.34. The Hall–Kier alpha value is -6.74. The summed E-state index contributed by atoms with van der Waals surface area (Å²) in [6.07, 6.45) is 0. The van der Waals surface area contributed by atoms with Gasteiger partial charge < -0.3 is 4.90 Å². The molecule has 0 fully saturated rings. The summed E-state index contributed by atoms with van der Waals surface area (Å²) in [4.78, 5) is 2.42. The fourth-order valence-corrected chi connectivity index (χ4v) is 10.3. The average molecular weight is 718 g/mol. The maximum atomic E-state index is 2.42. The highest BCUT2D eigenvalue weighted by Gasteiger charge is 2.45. The normalized spacial score (nSPS) is 12.9. The number of rotatable bonds is 6. The largest absolute Gasteiger partial charge is 0.310 e. The Kier molecular flexibility index (Phi) is 7.33. The second-order valence-electron chi connectivity index (χ2n) is 14.4. The van der Waals surface area contributed by atoms with Crippen LogP contribution in [0.25, 0.3) is 53.2 Å². The van der Waals surface area contributed by atoms with Gasteiger partial charge in [0.25, 0.3) is 0 Å². The van der Waals surface area contributed by atoms with Crippen molar-refractivity contribution in [1.29, 1.82) is 0 Å². The number of hydrogen-bond acceptors (Lipinski definition) is 2. The zero-order valence-electron chi connectivity index (χ0n) is 30.1. The predicted octanol–water partition coefficient (Wildman–Crippen LogP) is 14.7. The third kappa shape index (κ3) is 4.92. The standard InChI is InChI=1S/C53H35NS/c1-2-17-39(18-3-1)53(48-24-9-6-21-44(48)45-22-7-10-25-49(45)53)40-19-12-16-38(34-40)36-28-30-41(31-29-36)54(50-26-13-15-37-14-4-5-20-43(37)50)42-32-33-47-46-23-8-11-27-51(46)55-52(47)35-42/h1-35H. The molecule has 1 nitrogen and oxygen atoms in total. The molecule has 11 rings (SSSR count). The van der Waals surface area contributed by atoms with Crippen molar-refractivity contribution in [3.8, 4) is 22.3 Å². The van der Waals surface area contributed by atoms with Crippen LogP contribution in [0, 0.1) is 0 Å². The van der Waals surface area contributed by atoms with Gasteiger partial charge >= 0.3 is 0 Å². The molecule has 0 saturated carbocycles. The Morgan fingerprint density at radius 1 is 0.364 bits per heavy atom. The van der Waals surface area contributed by atoms with Crippen molar-refractivity contribution in [1.82, 2.24) is 0 Å². The molecule has 0 bridgehead atoms. The highest BCUT2D eigenvalue weighted by atomic mass is 32.1. The van der Waals surface area contributed by atoms with E-state index in [0.29, 0.717) is 0 Å². The molecule has 0 amide bonds. The molecule has 1 aliphatic rings. The van der Waals surface area contributed by atoms with E-state index in [9.17, 15) is 0 Å². The Balaban J connectivity index is 1.06. The quantitative estimate of drug-likeness (QED) is 0.166. The first kappa shape index (κ1) is 31.8. The highest BCUT2D eigenvalue weighted by molar-refractivity contribution is 7.25. The van der Waals surface area contributed by atoms with Gasteiger partial charge in [-0.15, -0.1) is 11.3 Å². The number of anilines is 3. The van der Waals surface area contributed by atoms with Crippen LogP contribution in [-0.2, 0) is 5.41 Å². The molecule has 9 aromatic carbocycles. The van der Waals surface area contributed by atoms with Crippen LogP contribution in [0.3, 0.4) is 0 Å². The molecule has 1 heterocycles. The summed E-state index contributed by atoms with van der Waals surface area (Å²) in [5, 5.41) is 5.07. The minimum absolute atomic E-state index is 0.430. The van der Waals surface area contributed by atoms with Gasteiger partial charge in [0.05, 0.1) is 11.1 Å². The van der Waals surface area contributed by atoms with Crippen LogP contribution in [0.2, 0.25) is 0 Å². The third-order valence-corrected chi connectivity index (χ3v) is 12.7. The SMILES string of the molecule is c1ccc(C2(c3cccc(-c4ccc(N(c5ccc6c(c5)sc5ccccc56)c5cccc6ccccc56)cc4)c3)c3ccccc3-c3ccccc32)cc1. The second kappa shape index (κ2) is 12.7. The molecular formula is C53H35NS. The Morgan fingerprint density at radius 3 is 1.76 bits per heavy atom. The fourth-order valence-electron chi connectivity index (χ4n) is 9.13. The van der Waals surface area contributed by atoms with Crippen molar-refractivity contribution in [3.05, 3.63) is 235 Å². The predicted molar refractivity (Wildman–Crippen MR) is 234 cm³/mol. The average Bonchev–Trinajstić information content (AvgIpc) is 3.78. The van der Waals surface area contributed by atoms with Crippen LogP contribution in [0.1, 0.15) is 22.3 Å². The van der Waals surface area contributed by atoms with E-state index in [1.54, 1.807) is 0 Å². The first-order valence-electron chi connectivity index (χ1n) is 18.9. The van der Waals surface area contributed by atoms with Gasteiger partial charge in [0, 0.05) is 36.9 Å². The molecule has 1 aliphatic carbocycles. The highest BCUT2D eigenvalue weighted by Crippen LogP contribution is 2.56. The number of thiophene rings is 1. The van der Waals surface area contributed by atoms with Crippen LogP contribution >= 0.6 is 11.3 Å². The van der Waals surface area contributed by atoms with Crippen LogP contribution in [-0.4, -0.2) is 0 Å². The maximum Gasteiger partial charge on any atom is 0.0713 e. The van der Waals surface area contributed by atoms with Gasteiger partial charge in [0.2, 0.25) is 0 Å². The number of hydrogen-bond donors (Lipinski definition) is 0. The van der Waals surface area contributed by atoms with Crippen molar-refractivity contribution in [2.24, 2.45) is 0 Å². The second-order valence-corrected chi connectivity index (χ2v) is 15.5. The molecule has 0 spiro atoms. The number of nitrogens with zero attached hydrogens (tertiary/aromatic N) is 1. The summed E-state index contributed by atoms with van der Waals surface area (Å²) in [5.41, 5.74) is 13.2.